The normalized spacial score (nSPS) is 16.6. The van der Waals surface area contributed by atoms with Crippen LogP contribution in [0.1, 0.15) is 37.3 Å². The van der Waals surface area contributed by atoms with E-state index in [1.165, 1.54) is 23.1 Å². The zero-order valence-electron chi connectivity index (χ0n) is 12.1. The molecule has 0 spiro atoms. The molecule has 1 unspecified atom stereocenters. The van der Waals surface area contributed by atoms with Gasteiger partial charge < -0.3 is 10.1 Å². The van der Waals surface area contributed by atoms with Gasteiger partial charge in [0.05, 0.1) is 12.9 Å². The van der Waals surface area contributed by atoms with Gasteiger partial charge in [0.1, 0.15) is 0 Å². The average Bonchev–Trinajstić information content (AvgIpc) is 2.44. The van der Waals surface area contributed by atoms with E-state index in [0.29, 0.717) is 6.04 Å². The first kappa shape index (κ1) is 14.1. The van der Waals surface area contributed by atoms with E-state index in [2.05, 4.69) is 43.4 Å². The Bertz CT molecular complexity index is 425. The van der Waals surface area contributed by atoms with Crippen LogP contribution in [-0.2, 0) is 11.2 Å². The van der Waals surface area contributed by atoms with E-state index in [9.17, 15) is 0 Å². The minimum atomic E-state index is 0.419. The lowest BCUT2D eigenvalue weighted by Gasteiger charge is -2.24. The molecule has 0 radical (unpaired) electrons. The van der Waals surface area contributed by atoms with Crippen molar-refractivity contribution in [1.82, 2.24) is 5.32 Å². The molecule has 0 amide bonds. The molecule has 1 N–H and O–H groups in total. The molecule has 2 heteroatoms. The number of rotatable bonds is 6. The van der Waals surface area contributed by atoms with Crippen molar-refractivity contribution < 1.29 is 4.74 Å². The molecule has 0 saturated carbocycles. The molecule has 1 aliphatic heterocycles. The van der Waals surface area contributed by atoms with Crippen LogP contribution in [0.2, 0.25) is 0 Å². The third-order valence-electron chi connectivity index (χ3n) is 3.57. The molecular weight excluding hydrogens is 234 g/mol. The van der Waals surface area contributed by atoms with Gasteiger partial charge in [-0.1, -0.05) is 36.8 Å². The highest BCUT2D eigenvalue weighted by molar-refractivity contribution is 5.25. The van der Waals surface area contributed by atoms with Crippen molar-refractivity contribution in [1.29, 1.82) is 0 Å². The summed E-state index contributed by atoms with van der Waals surface area (Å²) >= 11 is 0. The summed E-state index contributed by atoms with van der Waals surface area (Å²) in [7, 11) is 0. The van der Waals surface area contributed by atoms with Gasteiger partial charge in [0, 0.05) is 6.04 Å². The largest absolute Gasteiger partial charge is 0.501 e. The van der Waals surface area contributed by atoms with Crippen molar-refractivity contribution in [2.75, 3.05) is 13.2 Å². The van der Waals surface area contributed by atoms with Crippen LogP contribution in [0.3, 0.4) is 0 Å². The molecule has 0 fully saturated rings. The molecule has 19 heavy (non-hydrogen) atoms. The van der Waals surface area contributed by atoms with E-state index in [-0.39, 0.29) is 0 Å². The molecule has 2 rings (SSSR count). The smallest absolute Gasteiger partial charge is 0.0876 e. The lowest BCUT2D eigenvalue weighted by atomic mass is 9.95. The van der Waals surface area contributed by atoms with Gasteiger partial charge in [-0.05, 0) is 50.3 Å². The second-order valence-corrected chi connectivity index (χ2v) is 5.37. The molecule has 0 aromatic heterocycles. The van der Waals surface area contributed by atoms with E-state index in [0.717, 1.165) is 32.4 Å². The van der Waals surface area contributed by atoms with E-state index >= 15 is 0 Å². The maximum Gasteiger partial charge on any atom is 0.0876 e. The standard InChI is InChI=1S/C17H25NO/c1-3-9-18-17(16-8-5-10-19-13-16)12-15-7-4-6-14(2)11-15/h4,6-7,11,13,17-18H,3,5,8-10,12H2,1-2H3. The third-order valence-corrected chi connectivity index (χ3v) is 3.57. The maximum absolute atomic E-state index is 5.50. The Kier molecular flexibility index (Phi) is 5.46. The maximum atomic E-state index is 5.50. The highest BCUT2D eigenvalue weighted by Gasteiger charge is 2.17. The van der Waals surface area contributed by atoms with Gasteiger partial charge >= 0.3 is 0 Å². The highest BCUT2D eigenvalue weighted by atomic mass is 16.5. The molecular formula is C17H25NO. The van der Waals surface area contributed by atoms with Gasteiger partial charge in [-0.2, -0.15) is 0 Å². The van der Waals surface area contributed by atoms with Crippen LogP contribution in [0, 0.1) is 6.92 Å². The zero-order valence-corrected chi connectivity index (χ0v) is 12.1. The summed E-state index contributed by atoms with van der Waals surface area (Å²) in [6, 6.07) is 9.22. The summed E-state index contributed by atoms with van der Waals surface area (Å²) in [6.07, 6.45) is 6.50. The Labute approximate surface area is 116 Å². The highest BCUT2D eigenvalue weighted by Crippen LogP contribution is 2.19. The quantitative estimate of drug-likeness (QED) is 0.843. The second kappa shape index (κ2) is 7.34. The van der Waals surface area contributed by atoms with Crippen LogP contribution in [-0.4, -0.2) is 19.2 Å². The minimum Gasteiger partial charge on any atom is -0.501 e. The van der Waals surface area contributed by atoms with Gasteiger partial charge in [0.2, 0.25) is 0 Å². The van der Waals surface area contributed by atoms with E-state index in [4.69, 9.17) is 4.74 Å². The molecule has 1 aromatic rings. The average molecular weight is 259 g/mol. The van der Waals surface area contributed by atoms with Gasteiger partial charge in [0.25, 0.3) is 0 Å². The van der Waals surface area contributed by atoms with Crippen molar-refractivity contribution in [2.45, 2.75) is 45.6 Å². The van der Waals surface area contributed by atoms with Gasteiger partial charge in [-0.3, -0.25) is 0 Å². The summed E-state index contributed by atoms with van der Waals surface area (Å²) in [5, 5.41) is 3.66. The molecule has 0 saturated heterocycles. The van der Waals surface area contributed by atoms with Crippen molar-refractivity contribution in [2.24, 2.45) is 0 Å². The Balaban J connectivity index is 2.06. The van der Waals surface area contributed by atoms with Crippen LogP contribution < -0.4 is 5.32 Å². The summed E-state index contributed by atoms with van der Waals surface area (Å²) in [6.45, 7) is 6.30. The summed E-state index contributed by atoms with van der Waals surface area (Å²) in [5.41, 5.74) is 4.15. The molecule has 0 aliphatic carbocycles. The second-order valence-electron chi connectivity index (χ2n) is 5.37. The predicted octanol–water partition coefficient (Wildman–Crippen LogP) is 3.60. The fourth-order valence-electron chi connectivity index (χ4n) is 2.57. The van der Waals surface area contributed by atoms with Crippen LogP contribution in [0.15, 0.2) is 36.1 Å². The summed E-state index contributed by atoms with van der Waals surface area (Å²) < 4.78 is 5.50. The van der Waals surface area contributed by atoms with Gasteiger partial charge in [0.15, 0.2) is 0 Å². The fraction of sp³-hybridized carbons (Fsp3) is 0.529. The molecule has 2 nitrogen and oxygen atoms in total. The number of ether oxygens (including phenoxy) is 1. The van der Waals surface area contributed by atoms with Crippen LogP contribution >= 0.6 is 0 Å². The molecule has 1 heterocycles. The van der Waals surface area contributed by atoms with E-state index < -0.39 is 0 Å². The van der Waals surface area contributed by atoms with Crippen LogP contribution in [0.4, 0.5) is 0 Å². The Morgan fingerprint density at radius 2 is 2.26 bits per heavy atom. The van der Waals surface area contributed by atoms with Crippen molar-refractivity contribution in [3.05, 3.63) is 47.2 Å². The SMILES string of the molecule is CCCNC(Cc1cccc(C)c1)C1=COCCC1. The molecule has 0 bridgehead atoms. The number of benzene rings is 1. The Morgan fingerprint density at radius 3 is 2.95 bits per heavy atom. The first-order chi connectivity index (χ1) is 9.29. The van der Waals surface area contributed by atoms with Crippen LogP contribution in [0.25, 0.3) is 0 Å². The predicted molar refractivity (Wildman–Crippen MR) is 80.2 cm³/mol. The number of hydrogen-bond donors (Lipinski definition) is 1. The topological polar surface area (TPSA) is 21.3 Å². The summed E-state index contributed by atoms with van der Waals surface area (Å²) in [4.78, 5) is 0. The lowest BCUT2D eigenvalue weighted by molar-refractivity contribution is 0.219. The summed E-state index contributed by atoms with van der Waals surface area (Å²) in [5.74, 6) is 0. The number of nitrogens with one attached hydrogen (secondary N) is 1. The van der Waals surface area contributed by atoms with Crippen LogP contribution in [0.5, 0.6) is 0 Å². The van der Waals surface area contributed by atoms with Crippen molar-refractivity contribution >= 4 is 0 Å². The first-order valence-corrected chi connectivity index (χ1v) is 7.39. The molecule has 1 aromatic carbocycles. The molecule has 104 valence electrons. The van der Waals surface area contributed by atoms with Gasteiger partial charge in [-0.15, -0.1) is 0 Å². The first-order valence-electron chi connectivity index (χ1n) is 7.39. The fourth-order valence-corrected chi connectivity index (χ4v) is 2.57. The molecule has 1 aliphatic rings. The van der Waals surface area contributed by atoms with E-state index in [1.54, 1.807) is 0 Å². The third kappa shape index (κ3) is 4.39. The minimum absolute atomic E-state index is 0.419. The number of hydrogen-bond acceptors (Lipinski definition) is 2. The Morgan fingerprint density at radius 1 is 1.37 bits per heavy atom. The van der Waals surface area contributed by atoms with Crippen molar-refractivity contribution in [3.63, 3.8) is 0 Å². The number of aryl methyl sites for hydroxylation is 1. The lowest BCUT2D eigenvalue weighted by Crippen LogP contribution is -2.34. The van der Waals surface area contributed by atoms with Gasteiger partial charge in [-0.25, -0.2) is 0 Å². The molecule has 1 atom stereocenters. The zero-order chi connectivity index (χ0) is 13.5. The van der Waals surface area contributed by atoms with E-state index in [1.807, 2.05) is 6.26 Å². The monoisotopic (exact) mass is 259 g/mol. The Hall–Kier alpha value is -1.28. The van der Waals surface area contributed by atoms with Crippen molar-refractivity contribution in [3.8, 4) is 0 Å².